The molecule has 0 amide bonds. The van der Waals surface area contributed by atoms with Crippen molar-refractivity contribution in [3.63, 3.8) is 0 Å². The average Bonchev–Trinajstić information content (AvgIpc) is 2.52. The van der Waals surface area contributed by atoms with Crippen LogP contribution in [0.4, 0.5) is 0 Å². The van der Waals surface area contributed by atoms with Gasteiger partial charge in [-0.05, 0) is 12.8 Å². The molecular formula is C10H20O2. The number of fused-ring (bicyclic) bond motifs is 1. The van der Waals surface area contributed by atoms with Gasteiger partial charge < -0.3 is 9.47 Å². The van der Waals surface area contributed by atoms with Crippen LogP contribution >= 0.6 is 0 Å². The van der Waals surface area contributed by atoms with Gasteiger partial charge in [0.1, 0.15) is 6.79 Å². The predicted octanol–water partition coefficient (Wildman–Crippen LogP) is 2.72. The van der Waals surface area contributed by atoms with E-state index in [9.17, 15) is 0 Å². The van der Waals surface area contributed by atoms with Crippen molar-refractivity contribution in [1.82, 2.24) is 0 Å². The zero-order valence-electron chi connectivity index (χ0n) is 8.21. The van der Waals surface area contributed by atoms with Crippen LogP contribution in [-0.2, 0) is 9.47 Å². The Morgan fingerprint density at radius 3 is 1.83 bits per heavy atom. The molecule has 1 heterocycles. The van der Waals surface area contributed by atoms with E-state index in [0.717, 1.165) is 0 Å². The smallest absolute Gasteiger partial charge is 0.147 e. The molecule has 2 fully saturated rings. The second-order valence-electron chi connectivity index (χ2n) is 3.52. The number of hydrogen-bond acceptors (Lipinski definition) is 2. The van der Waals surface area contributed by atoms with E-state index in [0.29, 0.717) is 19.0 Å². The molecule has 1 saturated carbocycles. The zero-order chi connectivity index (χ0) is 8.81. The van der Waals surface area contributed by atoms with Gasteiger partial charge in [0, 0.05) is 0 Å². The van der Waals surface area contributed by atoms with E-state index in [2.05, 4.69) is 13.8 Å². The van der Waals surface area contributed by atoms with Crippen LogP contribution in [-0.4, -0.2) is 19.0 Å². The normalized spacial score (nSPS) is 33.5. The second kappa shape index (κ2) is 5.55. The standard InChI is InChI=1S/C7H12O2.C3H8/c1-2-4-7-6(3-1)8-5-9-7;1-3-2/h6-7H,1-5H2;3H2,1-2H3. The van der Waals surface area contributed by atoms with Crippen molar-refractivity contribution < 1.29 is 9.47 Å². The van der Waals surface area contributed by atoms with E-state index in [-0.39, 0.29) is 0 Å². The van der Waals surface area contributed by atoms with Crippen molar-refractivity contribution in [3.8, 4) is 0 Å². The van der Waals surface area contributed by atoms with E-state index in [1.54, 1.807) is 0 Å². The maximum absolute atomic E-state index is 5.33. The molecule has 0 radical (unpaired) electrons. The number of rotatable bonds is 0. The van der Waals surface area contributed by atoms with Crippen LogP contribution in [0.15, 0.2) is 0 Å². The van der Waals surface area contributed by atoms with Crippen molar-refractivity contribution in [3.05, 3.63) is 0 Å². The van der Waals surface area contributed by atoms with Crippen LogP contribution < -0.4 is 0 Å². The summed E-state index contributed by atoms with van der Waals surface area (Å²) in [5.74, 6) is 0. The Bertz CT molecular complexity index is 102. The summed E-state index contributed by atoms with van der Waals surface area (Å²) in [7, 11) is 0. The van der Waals surface area contributed by atoms with Crippen molar-refractivity contribution in [2.24, 2.45) is 0 Å². The molecule has 2 atom stereocenters. The van der Waals surface area contributed by atoms with Crippen LogP contribution in [0.2, 0.25) is 0 Å². The minimum Gasteiger partial charge on any atom is -0.349 e. The Balaban J connectivity index is 0.000000213. The largest absolute Gasteiger partial charge is 0.349 e. The van der Waals surface area contributed by atoms with Crippen LogP contribution in [0.25, 0.3) is 0 Å². The molecule has 1 saturated heterocycles. The lowest BCUT2D eigenvalue weighted by molar-refractivity contribution is 0.0396. The molecule has 2 aliphatic rings. The van der Waals surface area contributed by atoms with Gasteiger partial charge in [-0.3, -0.25) is 0 Å². The molecule has 0 aromatic rings. The van der Waals surface area contributed by atoms with Gasteiger partial charge in [0.15, 0.2) is 0 Å². The van der Waals surface area contributed by atoms with Crippen LogP contribution in [0.5, 0.6) is 0 Å². The van der Waals surface area contributed by atoms with E-state index < -0.39 is 0 Å². The first-order valence-corrected chi connectivity index (χ1v) is 5.11. The van der Waals surface area contributed by atoms with Crippen molar-refractivity contribution in [1.29, 1.82) is 0 Å². The summed E-state index contributed by atoms with van der Waals surface area (Å²) in [5.41, 5.74) is 0. The van der Waals surface area contributed by atoms with Gasteiger partial charge in [0.05, 0.1) is 12.2 Å². The summed E-state index contributed by atoms with van der Waals surface area (Å²) >= 11 is 0. The van der Waals surface area contributed by atoms with Gasteiger partial charge in [0.25, 0.3) is 0 Å². The lowest BCUT2D eigenvalue weighted by atomic mass is 9.95. The lowest BCUT2D eigenvalue weighted by Gasteiger charge is -2.21. The van der Waals surface area contributed by atoms with Crippen LogP contribution in [0.3, 0.4) is 0 Å². The first-order chi connectivity index (χ1) is 5.88. The molecule has 0 spiro atoms. The van der Waals surface area contributed by atoms with Crippen molar-refractivity contribution in [2.75, 3.05) is 6.79 Å². The first kappa shape index (κ1) is 10.0. The van der Waals surface area contributed by atoms with E-state index >= 15 is 0 Å². The fourth-order valence-electron chi connectivity index (χ4n) is 1.66. The molecule has 0 aromatic carbocycles. The third kappa shape index (κ3) is 2.76. The summed E-state index contributed by atoms with van der Waals surface area (Å²) in [5, 5.41) is 0. The van der Waals surface area contributed by atoms with Crippen LogP contribution in [0, 0.1) is 0 Å². The molecular weight excluding hydrogens is 152 g/mol. The molecule has 1 aliphatic heterocycles. The number of hydrogen-bond donors (Lipinski definition) is 0. The number of ether oxygens (including phenoxy) is 2. The highest BCUT2D eigenvalue weighted by Crippen LogP contribution is 2.27. The van der Waals surface area contributed by atoms with Crippen molar-refractivity contribution in [2.45, 2.75) is 58.2 Å². The van der Waals surface area contributed by atoms with Crippen molar-refractivity contribution >= 4 is 0 Å². The van der Waals surface area contributed by atoms with Gasteiger partial charge in [-0.25, -0.2) is 0 Å². The molecule has 0 aromatic heterocycles. The molecule has 0 bridgehead atoms. The summed E-state index contributed by atoms with van der Waals surface area (Å²) < 4.78 is 10.7. The minimum atomic E-state index is 0.443. The Morgan fingerprint density at radius 1 is 1.00 bits per heavy atom. The molecule has 1 aliphatic carbocycles. The molecule has 72 valence electrons. The van der Waals surface area contributed by atoms with E-state index in [1.807, 2.05) is 0 Å². The van der Waals surface area contributed by atoms with Crippen LogP contribution in [0.1, 0.15) is 46.0 Å². The fraction of sp³-hybridized carbons (Fsp3) is 1.00. The quantitative estimate of drug-likeness (QED) is 0.559. The molecule has 0 N–H and O–H groups in total. The topological polar surface area (TPSA) is 18.5 Å². The summed E-state index contributed by atoms with van der Waals surface area (Å²) in [6.07, 6.45) is 7.21. The predicted molar refractivity (Wildman–Crippen MR) is 49.0 cm³/mol. The minimum absolute atomic E-state index is 0.443. The highest BCUT2D eigenvalue weighted by Gasteiger charge is 2.30. The Kier molecular flexibility index (Phi) is 4.62. The average molecular weight is 172 g/mol. The summed E-state index contributed by atoms with van der Waals surface area (Å²) in [4.78, 5) is 0. The Labute approximate surface area is 75.2 Å². The zero-order valence-corrected chi connectivity index (χ0v) is 8.21. The van der Waals surface area contributed by atoms with Gasteiger partial charge in [-0.15, -0.1) is 0 Å². The van der Waals surface area contributed by atoms with Gasteiger partial charge in [0.2, 0.25) is 0 Å². The summed E-state index contributed by atoms with van der Waals surface area (Å²) in [6.45, 7) is 4.79. The third-order valence-electron chi connectivity index (χ3n) is 2.21. The lowest BCUT2D eigenvalue weighted by Crippen LogP contribution is -2.25. The third-order valence-corrected chi connectivity index (χ3v) is 2.21. The van der Waals surface area contributed by atoms with Gasteiger partial charge in [-0.1, -0.05) is 33.1 Å². The fourth-order valence-corrected chi connectivity index (χ4v) is 1.66. The molecule has 2 nitrogen and oxygen atoms in total. The summed E-state index contributed by atoms with van der Waals surface area (Å²) in [6, 6.07) is 0. The highest BCUT2D eigenvalue weighted by molar-refractivity contribution is 4.78. The van der Waals surface area contributed by atoms with E-state index in [4.69, 9.17) is 9.47 Å². The SMILES string of the molecule is C1CCC2OCOC2C1.CCC. The molecule has 2 unspecified atom stereocenters. The van der Waals surface area contributed by atoms with E-state index in [1.165, 1.54) is 32.1 Å². The van der Waals surface area contributed by atoms with Gasteiger partial charge >= 0.3 is 0 Å². The molecule has 12 heavy (non-hydrogen) atoms. The monoisotopic (exact) mass is 172 g/mol. The molecule has 2 heteroatoms. The Hall–Kier alpha value is -0.0800. The highest BCUT2D eigenvalue weighted by atomic mass is 16.7. The molecule has 2 rings (SSSR count). The maximum Gasteiger partial charge on any atom is 0.147 e. The Morgan fingerprint density at radius 2 is 1.42 bits per heavy atom. The van der Waals surface area contributed by atoms with Gasteiger partial charge in [-0.2, -0.15) is 0 Å². The first-order valence-electron chi connectivity index (χ1n) is 5.11. The second-order valence-corrected chi connectivity index (χ2v) is 3.52. The maximum atomic E-state index is 5.33.